The molecule has 0 radical (unpaired) electrons. The minimum atomic E-state index is -0.114. The van der Waals surface area contributed by atoms with Crippen LogP contribution < -0.4 is 0 Å². The molecule has 0 fully saturated rings. The molecule has 0 aliphatic heterocycles. The molecule has 0 heterocycles. The van der Waals surface area contributed by atoms with Crippen molar-refractivity contribution in [3.8, 4) is 0 Å². The zero-order valence-corrected chi connectivity index (χ0v) is 37.3. The average Bonchev–Trinajstić information content (AvgIpc) is 3.19. The van der Waals surface area contributed by atoms with E-state index in [-0.39, 0.29) is 11.9 Å². The quantitative estimate of drug-likeness (QED) is 0.0351. The number of hydrogen-bond donors (Lipinski definition) is 0. The largest absolute Gasteiger partial charge is 0.466 e. The van der Waals surface area contributed by atoms with Gasteiger partial charge < -0.3 is 9.47 Å². The smallest absolute Gasteiger partial charge is 0.305 e. The third-order valence-corrected chi connectivity index (χ3v) is 11.1. The van der Waals surface area contributed by atoms with Gasteiger partial charge in [0.25, 0.3) is 0 Å². The zero-order chi connectivity index (χ0) is 39.8. The van der Waals surface area contributed by atoms with Crippen molar-refractivity contribution >= 4 is 11.9 Å². The highest BCUT2D eigenvalue weighted by Crippen LogP contribution is 2.15. The monoisotopic (exact) mass is 773 g/mol. The summed E-state index contributed by atoms with van der Waals surface area (Å²) < 4.78 is 10.7. The second kappa shape index (κ2) is 48.6. The Hall–Kier alpha value is -1.58. The number of unbranched alkanes of at least 4 members (excludes halogenated alkanes) is 34. The van der Waals surface area contributed by atoms with Gasteiger partial charge in [-0.25, -0.2) is 0 Å². The van der Waals surface area contributed by atoms with Crippen LogP contribution in [0, 0.1) is 0 Å². The first kappa shape index (κ1) is 53.4. The highest BCUT2D eigenvalue weighted by Gasteiger charge is 2.05. The maximum Gasteiger partial charge on any atom is 0.305 e. The van der Waals surface area contributed by atoms with Crippen molar-refractivity contribution in [3.63, 3.8) is 0 Å². The van der Waals surface area contributed by atoms with Crippen LogP contribution in [0.25, 0.3) is 0 Å². The van der Waals surface area contributed by atoms with Crippen molar-refractivity contribution in [2.75, 3.05) is 13.2 Å². The maximum atomic E-state index is 12.0. The third kappa shape index (κ3) is 48.5. The van der Waals surface area contributed by atoms with Crippen LogP contribution in [0.4, 0.5) is 0 Å². The molecule has 0 spiro atoms. The number of allylic oxidation sites excluding steroid dienone is 4. The number of hydrogen-bond acceptors (Lipinski definition) is 4. The molecule has 0 aliphatic carbocycles. The van der Waals surface area contributed by atoms with Crippen LogP contribution in [0.1, 0.15) is 277 Å². The lowest BCUT2D eigenvalue weighted by Crippen LogP contribution is -2.10. The average molecular weight is 773 g/mol. The molecule has 0 unspecified atom stereocenters. The molecule has 0 amide bonds. The second-order valence-electron chi connectivity index (χ2n) is 16.7. The van der Waals surface area contributed by atoms with E-state index < -0.39 is 0 Å². The van der Waals surface area contributed by atoms with E-state index in [1.54, 1.807) is 0 Å². The van der Waals surface area contributed by atoms with Crippen molar-refractivity contribution in [3.05, 3.63) is 24.3 Å². The van der Waals surface area contributed by atoms with Gasteiger partial charge in [0, 0.05) is 19.3 Å². The predicted molar refractivity (Wildman–Crippen MR) is 241 cm³/mol. The lowest BCUT2D eigenvalue weighted by atomic mass is 10.0. The van der Waals surface area contributed by atoms with Gasteiger partial charge in [-0.2, -0.15) is 0 Å². The van der Waals surface area contributed by atoms with Gasteiger partial charge in [-0.15, -0.1) is 0 Å². The zero-order valence-electron chi connectivity index (χ0n) is 37.3. The molecule has 55 heavy (non-hydrogen) atoms. The van der Waals surface area contributed by atoms with Gasteiger partial charge >= 0.3 is 11.9 Å². The van der Waals surface area contributed by atoms with Gasteiger partial charge in [0.05, 0.1) is 13.2 Å². The Bertz CT molecular complexity index is 752. The first-order valence-electron chi connectivity index (χ1n) is 24.8. The molecule has 0 bridgehead atoms. The SMILES string of the molecule is CCCCCCCC/C=C\CCCCCCCCCCCCCC(=O)OCCCOC(=O)CCCCCCCCCCCCC/C=C\CCCCCCCC. The van der Waals surface area contributed by atoms with E-state index in [1.807, 2.05) is 0 Å². The van der Waals surface area contributed by atoms with E-state index in [9.17, 15) is 9.59 Å². The molecular weight excluding hydrogens is 677 g/mol. The molecule has 0 rings (SSSR count). The van der Waals surface area contributed by atoms with Crippen molar-refractivity contribution in [2.24, 2.45) is 0 Å². The summed E-state index contributed by atoms with van der Waals surface area (Å²) in [6.07, 6.45) is 61.1. The fourth-order valence-electron chi connectivity index (χ4n) is 7.38. The van der Waals surface area contributed by atoms with E-state index in [2.05, 4.69) is 38.2 Å². The molecule has 4 nitrogen and oxygen atoms in total. The third-order valence-electron chi connectivity index (χ3n) is 11.1. The molecule has 4 heteroatoms. The van der Waals surface area contributed by atoms with Crippen molar-refractivity contribution in [1.29, 1.82) is 0 Å². The summed E-state index contributed by atoms with van der Waals surface area (Å²) in [5, 5.41) is 0. The van der Waals surface area contributed by atoms with Gasteiger partial charge in [0.15, 0.2) is 0 Å². The summed E-state index contributed by atoms with van der Waals surface area (Å²) in [6, 6.07) is 0. The van der Waals surface area contributed by atoms with Crippen molar-refractivity contribution in [1.82, 2.24) is 0 Å². The van der Waals surface area contributed by atoms with E-state index in [4.69, 9.17) is 9.47 Å². The highest BCUT2D eigenvalue weighted by atomic mass is 16.5. The molecule has 0 aromatic heterocycles. The van der Waals surface area contributed by atoms with Crippen LogP contribution >= 0.6 is 0 Å². The summed E-state index contributed by atoms with van der Waals surface area (Å²) >= 11 is 0. The Kier molecular flexibility index (Phi) is 47.2. The standard InChI is InChI=1S/C51H96O4/c1-3-5-7-9-11-13-15-17-19-21-23-25-27-29-31-33-35-37-39-41-43-46-50(52)54-48-45-49-55-51(53)47-44-42-40-38-36-34-32-30-28-26-24-22-20-18-16-14-12-10-8-6-4-2/h17-20H,3-16,21-49H2,1-2H3/b19-17-,20-18-. The molecule has 0 saturated carbocycles. The van der Waals surface area contributed by atoms with Crippen LogP contribution in [0.3, 0.4) is 0 Å². The number of ether oxygens (including phenoxy) is 2. The Balaban J connectivity index is 3.28. The van der Waals surface area contributed by atoms with Crippen LogP contribution in [0.5, 0.6) is 0 Å². The summed E-state index contributed by atoms with van der Waals surface area (Å²) in [6.45, 7) is 5.26. The molecule has 0 atom stereocenters. The summed E-state index contributed by atoms with van der Waals surface area (Å²) in [7, 11) is 0. The molecule has 0 N–H and O–H groups in total. The normalized spacial score (nSPS) is 11.7. The second-order valence-corrected chi connectivity index (χ2v) is 16.7. The van der Waals surface area contributed by atoms with E-state index in [0.29, 0.717) is 32.5 Å². The molecule has 0 aliphatic rings. The maximum absolute atomic E-state index is 12.0. The van der Waals surface area contributed by atoms with Crippen LogP contribution in [0.2, 0.25) is 0 Å². The lowest BCUT2D eigenvalue weighted by molar-refractivity contribution is -0.146. The molecule has 0 aromatic rings. The van der Waals surface area contributed by atoms with E-state index in [0.717, 1.165) is 25.7 Å². The molecule has 0 saturated heterocycles. The van der Waals surface area contributed by atoms with Gasteiger partial charge in [-0.3, -0.25) is 9.59 Å². The molecule has 324 valence electrons. The molecular formula is C51H96O4. The van der Waals surface area contributed by atoms with E-state index >= 15 is 0 Å². The van der Waals surface area contributed by atoms with Crippen LogP contribution in [-0.4, -0.2) is 25.2 Å². The topological polar surface area (TPSA) is 52.6 Å². The number of carbonyl (C=O) groups excluding carboxylic acids is 2. The Morgan fingerprint density at radius 3 is 0.764 bits per heavy atom. The van der Waals surface area contributed by atoms with Crippen LogP contribution in [-0.2, 0) is 19.1 Å². The minimum Gasteiger partial charge on any atom is -0.466 e. The predicted octanol–water partition coefficient (Wildman–Crippen LogP) is 17.2. The Morgan fingerprint density at radius 1 is 0.291 bits per heavy atom. The Morgan fingerprint density at radius 2 is 0.509 bits per heavy atom. The fraction of sp³-hybridized carbons (Fsp3) is 0.882. The van der Waals surface area contributed by atoms with Crippen molar-refractivity contribution in [2.45, 2.75) is 277 Å². The minimum absolute atomic E-state index is 0.114. The highest BCUT2D eigenvalue weighted by molar-refractivity contribution is 5.69. The number of carbonyl (C=O) groups is 2. The van der Waals surface area contributed by atoms with Crippen molar-refractivity contribution < 1.29 is 19.1 Å². The van der Waals surface area contributed by atoms with Gasteiger partial charge in [-0.05, 0) is 64.2 Å². The summed E-state index contributed by atoms with van der Waals surface area (Å²) in [4.78, 5) is 24.0. The fourth-order valence-corrected chi connectivity index (χ4v) is 7.38. The lowest BCUT2D eigenvalue weighted by Gasteiger charge is -2.07. The van der Waals surface area contributed by atoms with Crippen LogP contribution in [0.15, 0.2) is 24.3 Å². The first-order chi connectivity index (χ1) is 27.2. The first-order valence-corrected chi connectivity index (χ1v) is 24.8. The molecule has 0 aromatic carbocycles. The number of esters is 2. The van der Waals surface area contributed by atoms with Gasteiger partial charge in [0.1, 0.15) is 0 Å². The number of rotatable bonds is 46. The van der Waals surface area contributed by atoms with Gasteiger partial charge in [-0.1, -0.05) is 218 Å². The Labute approximate surface area is 344 Å². The van der Waals surface area contributed by atoms with Gasteiger partial charge in [0.2, 0.25) is 0 Å². The summed E-state index contributed by atoms with van der Waals surface area (Å²) in [5.41, 5.74) is 0. The van der Waals surface area contributed by atoms with E-state index in [1.165, 1.54) is 218 Å². The summed E-state index contributed by atoms with van der Waals surface area (Å²) in [5.74, 6) is -0.228.